The lowest BCUT2D eigenvalue weighted by molar-refractivity contribution is -0.0295. The molecular formula is C15H14F2IN3O4. The minimum atomic E-state index is -1.23. The molecule has 1 atom stereocenters. The number of pyridine rings is 1. The van der Waals surface area contributed by atoms with Crippen molar-refractivity contribution >= 4 is 39.9 Å². The van der Waals surface area contributed by atoms with E-state index >= 15 is 0 Å². The van der Waals surface area contributed by atoms with E-state index in [-0.39, 0.29) is 17.9 Å². The molecule has 1 aromatic heterocycles. The van der Waals surface area contributed by atoms with E-state index in [9.17, 15) is 13.6 Å². The first-order valence-corrected chi connectivity index (χ1v) is 8.07. The molecule has 4 N–H and O–H groups in total. The van der Waals surface area contributed by atoms with Crippen molar-refractivity contribution in [2.45, 2.75) is 6.10 Å². The second-order valence-corrected chi connectivity index (χ2v) is 6.12. The van der Waals surface area contributed by atoms with Gasteiger partial charge in [-0.1, -0.05) is 0 Å². The maximum Gasteiger partial charge on any atom is 0.277 e. The molecule has 1 unspecified atom stereocenters. The van der Waals surface area contributed by atoms with E-state index in [1.54, 1.807) is 12.3 Å². The lowest BCUT2D eigenvalue weighted by Crippen LogP contribution is -2.30. The zero-order valence-corrected chi connectivity index (χ0v) is 14.8. The van der Waals surface area contributed by atoms with Crippen LogP contribution in [-0.4, -0.2) is 40.4 Å². The van der Waals surface area contributed by atoms with Crippen LogP contribution < -0.4 is 10.8 Å². The summed E-state index contributed by atoms with van der Waals surface area (Å²) in [4.78, 5) is 20.8. The topological polar surface area (TPSA) is 104 Å². The van der Waals surface area contributed by atoms with Crippen molar-refractivity contribution in [2.24, 2.45) is 0 Å². The van der Waals surface area contributed by atoms with Crippen molar-refractivity contribution in [3.05, 3.63) is 51.4 Å². The summed E-state index contributed by atoms with van der Waals surface area (Å²) in [5.74, 6) is -3.22. The number of carbonyl (C=O) groups is 1. The molecule has 1 heterocycles. The highest BCUT2D eigenvalue weighted by molar-refractivity contribution is 14.1. The number of rotatable bonds is 7. The number of aromatic nitrogens is 1. The highest BCUT2D eigenvalue weighted by Gasteiger charge is 2.19. The number of carbonyl (C=O) groups excluding carboxylic acids is 1. The number of nitrogens with one attached hydrogen (secondary N) is 2. The fraction of sp³-hybridized carbons (Fsp3) is 0.200. The maximum atomic E-state index is 14.2. The first-order chi connectivity index (χ1) is 11.9. The highest BCUT2D eigenvalue weighted by atomic mass is 127. The lowest BCUT2D eigenvalue weighted by atomic mass is 10.1. The summed E-state index contributed by atoms with van der Waals surface area (Å²) in [7, 11) is 0. The zero-order chi connectivity index (χ0) is 18.4. The van der Waals surface area contributed by atoms with Crippen LogP contribution in [-0.2, 0) is 4.84 Å². The Kier molecular flexibility index (Phi) is 6.99. The van der Waals surface area contributed by atoms with E-state index in [0.717, 1.165) is 15.7 Å². The van der Waals surface area contributed by atoms with Gasteiger partial charge < -0.3 is 15.5 Å². The van der Waals surface area contributed by atoms with Gasteiger partial charge >= 0.3 is 0 Å². The Morgan fingerprint density at radius 1 is 1.36 bits per heavy atom. The van der Waals surface area contributed by atoms with Gasteiger partial charge in [-0.25, -0.2) is 14.3 Å². The van der Waals surface area contributed by atoms with Gasteiger partial charge in [-0.3, -0.25) is 14.6 Å². The van der Waals surface area contributed by atoms with Crippen LogP contribution in [0.5, 0.6) is 0 Å². The number of hydrogen-bond acceptors (Lipinski definition) is 6. The summed E-state index contributed by atoms with van der Waals surface area (Å²) < 4.78 is 28.5. The quantitative estimate of drug-likeness (QED) is 0.367. The van der Waals surface area contributed by atoms with Crippen molar-refractivity contribution < 1.29 is 28.6 Å². The van der Waals surface area contributed by atoms with Crippen molar-refractivity contribution in [1.29, 1.82) is 0 Å². The predicted octanol–water partition coefficient (Wildman–Crippen LogP) is 1.72. The second kappa shape index (κ2) is 8.99. The van der Waals surface area contributed by atoms with Gasteiger partial charge in [0.15, 0.2) is 11.6 Å². The van der Waals surface area contributed by atoms with Crippen LogP contribution in [0.15, 0.2) is 30.6 Å². The Bertz CT molecular complexity index is 764. The average Bonchev–Trinajstić information content (AvgIpc) is 2.59. The van der Waals surface area contributed by atoms with Crippen LogP contribution in [0.25, 0.3) is 0 Å². The zero-order valence-electron chi connectivity index (χ0n) is 12.7. The van der Waals surface area contributed by atoms with E-state index in [4.69, 9.17) is 15.1 Å². The van der Waals surface area contributed by atoms with Gasteiger partial charge in [0.2, 0.25) is 0 Å². The Hall–Kier alpha value is -1.89. The molecular weight excluding hydrogens is 451 g/mol. The molecule has 10 heteroatoms. The monoisotopic (exact) mass is 465 g/mol. The Morgan fingerprint density at radius 2 is 2.12 bits per heavy atom. The molecule has 0 aliphatic carbocycles. The summed E-state index contributed by atoms with van der Waals surface area (Å²) in [6, 6.07) is 3.53. The highest BCUT2D eigenvalue weighted by Crippen LogP contribution is 2.26. The summed E-state index contributed by atoms with van der Waals surface area (Å²) in [5, 5.41) is 20.4. The van der Waals surface area contributed by atoms with Crippen LogP contribution in [0, 0.1) is 15.2 Å². The Labute approximate surface area is 155 Å². The minimum Gasteiger partial charge on any atom is -0.394 e. The Balaban J connectivity index is 2.23. The van der Waals surface area contributed by atoms with Gasteiger partial charge in [0, 0.05) is 9.77 Å². The molecule has 0 spiro atoms. The molecule has 1 aromatic carbocycles. The fourth-order valence-electron chi connectivity index (χ4n) is 1.80. The van der Waals surface area contributed by atoms with Crippen molar-refractivity contribution in [3.8, 4) is 0 Å². The smallest absolute Gasteiger partial charge is 0.277 e. The molecule has 134 valence electrons. The number of amides is 1. The summed E-state index contributed by atoms with van der Waals surface area (Å²) in [6.07, 6.45) is 1.78. The molecule has 0 saturated heterocycles. The molecule has 0 aliphatic rings. The van der Waals surface area contributed by atoms with Gasteiger partial charge in [-0.2, -0.15) is 0 Å². The number of aliphatic hydroxyl groups excluding tert-OH is 2. The fourth-order valence-corrected chi connectivity index (χ4v) is 2.29. The summed E-state index contributed by atoms with van der Waals surface area (Å²) in [6.45, 7) is -0.914. The van der Waals surface area contributed by atoms with Gasteiger partial charge in [0.1, 0.15) is 12.7 Å². The normalized spacial score (nSPS) is 11.9. The molecule has 1 amide bonds. The molecule has 2 rings (SSSR count). The standard InChI is InChI=1S/C15H14F2IN3O4/c16-12-2-1-11(15(24)21-25-7-10(23)6-22)14(13(12)17)20-9-3-8(18)4-19-5-9/h1-5,10,20,22-23H,6-7H2,(H,21,24). The third-order valence-electron chi connectivity index (χ3n) is 2.97. The maximum absolute atomic E-state index is 14.2. The lowest BCUT2D eigenvalue weighted by Gasteiger charge is -2.14. The van der Waals surface area contributed by atoms with Gasteiger partial charge in [0.25, 0.3) is 5.91 Å². The molecule has 2 aromatic rings. The number of nitrogens with zero attached hydrogens (tertiary/aromatic N) is 1. The van der Waals surface area contributed by atoms with E-state index in [1.807, 2.05) is 28.1 Å². The van der Waals surface area contributed by atoms with Gasteiger partial charge in [-0.15, -0.1) is 0 Å². The van der Waals surface area contributed by atoms with Crippen LogP contribution in [0.3, 0.4) is 0 Å². The molecule has 0 bridgehead atoms. The van der Waals surface area contributed by atoms with E-state index in [0.29, 0.717) is 5.69 Å². The summed E-state index contributed by atoms with van der Waals surface area (Å²) >= 11 is 2.00. The van der Waals surface area contributed by atoms with Crippen LogP contribution >= 0.6 is 22.6 Å². The van der Waals surface area contributed by atoms with Crippen LogP contribution in [0.1, 0.15) is 10.4 Å². The van der Waals surface area contributed by atoms with E-state index < -0.39 is 30.3 Å². The SMILES string of the molecule is O=C(NOCC(O)CO)c1ccc(F)c(F)c1Nc1cncc(I)c1. The number of aliphatic hydroxyl groups is 2. The number of hydroxylamine groups is 1. The number of halogens is 3. The van der Waals surface area contributed by atoms with Crippen LogP contribution in [0.2, 0.25) is 0 Å². The molecule has 0 fully saturated rings. The molecule has 25 heavy (non-hydrogen) atoms. The average molecular weight is 465 g/mol. The molecule has 0 aliphatic heterocycles. The molecule has 7 nitrogen and oxygen atoms in total. The van der Waals surface area contributed by atoms with Crippen molar-refractivity contribution in [1.82, 2.24) is 10.5 Å². The molecule has 0 radical (unpaired) electrons. The first-order valence-electron chi connectivity index (χ1n) is 6.99. The first kappa shape index (κ1) is 19.4. The van der Waals surface area contributed by atoms with E-state index in [2.05, 4.69) is 10.3 Å². The van der Waals surface area contributed by atoms with Crippen molar-refractivity contribution in [3.63, 3.8) is 0 Å². The Morgan fingerprint density at radius 3 is 2.80 bits per heavy atom. The van der Waals surface area contributed by atoms with Crippen LogP contribution in [0.4, 0.5) is 20.2 Å². The number of benzene rings is 1. The van der Waals surface area contributed by atoms with Gasteiger partial charge in [0.05, 0.1) is 29.7 Å². The number of anilines is 2. The number of hydrogen-bond donors (Lipinski definition) is 4. The predicted molar refractivity (Wildman–Crippen MR) is 93.1 cm³/mol. The van der Waals surface area contributed by atoms with Crippen molar-refractivity contribution in [2.75, 3.05) is 18.5 Å². The van der Waals surface area contributed by atoms with Gasteiger partial charge in [-0.05, 0) is 40.8 Å². The largest absolute Gasteiger partial charge is 0.394 e. The third kappa shape index (κ3) is 5.29. The second-order valence-electron chi connectivity index (χ2n) is 4.88. The third-order valence-corrected chi connectivity index (χ3v) is 3.55. The minimum absolute atomic E-state index is 0.212. The molecule has 0 saturated carbocycles. The summed E-state index contributed by atoms with van der Waals surface area (Å²) in [5.41, 5.74) is 1.76. The van der Waals surface area contributed by atoms with E-state index in [1.165, 1.54) is 6.20 Å².